The molecular formula is C19H26N4O4. The Labute approximate surface area is 158 Å². The van der Waals surface area contributed by atoms with E-state index in [0.717, 1.165) is 12.1 Å². The van der Waals surface area contributed by atoms with Crippen molar-refractivity contribution in [3.05, 3.63) is 36.3 Å². The highest BCUT2D eigenvalue weighted by Crippen LogP contribution is 2.23. The smallest absolute Gasteiger partial charge is 0.407 e. The SMILES string of the molecule is CCCOC(=O)NCC1(O)CCCN(C(=O)c2cnc3ccccn23)CC1. The van der Waals surface area contributed by atoms with Gasteiger partial charge in [-0.25, -0.2) is 9.78 Å². The summed E-state index contributed by atoms with van der Waals surface area (Å²) in [7, 11) is 0. The Kier molecular flexibility index (Phi) is 5.95. The molecule has 0 bridgehead atoms. The van der Waals surface area contributed by atoms with Gasteiger partial charge in [0.15, 0.2) is 0 Å². The number of nitrogens with one attached hydrogen (secondary N) is 1. The molecule has 2 aromatic heterocycles. The molecule has 2 aromatic rings. The van der Waals surface area contributed by atoms with Crippen molar-refractivity contribution in [3.8, 4) is 0 Å². The first kappa shape index (κ1) is 19.2. The van der Waals surface area contributed by atoms with Gasteiger partial charge < -0.3 is 20.1 Å². The molecule has 8 heteroatoms. The van der Waals surface area contributed by atoms with Crippen molar-refractivity contribution in [3.63, 3.8) is 0 Å². The van der Waals surface area contributed by atoms with Crippen molar-refractivity contribution < 1.29 is 19.4 Å². The summed E-state index contributed by atoms with van der Waals surface area (Å²) in [6.07, 6.45) is 5.19. The second-order valence-corrected chi connectivity index (χ2v) is 6.93. The monoisotopic (exact) mass is 374 g/mol. The molecule has 146 valence electrons. The molecule has 2 amide bonds. The van der Waals surface area contributed by atoms with E-state index >= 15 is 0 Å². The molecule has 0 aromatic carbocycles. The first-order valence-corrected chi connectivity index (χ1v) is 9.37. The van der Waals surface area contributed by atoms with E-state index in [0.29, 0.717) is 44.7 Å². The third kappa shape index (κ3) is 4.57. The van der Waals surface area contributed by atoms with Gasteiger partial charge in [-0.2, -0.15) is 0 Å². The molecule has 0 saturated carbocycles. The van der Waals surface area contributed by atoms with Gasteiger partial charge >= 0.3 is 6.09 Å². The van der Waals surface area contributed by atoms with Crippen LogP contribution in [0.25, 0.3) is 5.65 Å². The number of carbonyl (C=O) groups excluding carboxylic acids is 2. The summed E-state index contributed by atoms with van der Waals surface area (Å²) in [4.78, 5) is 30.5. The average Bonchev–Trinajstić information content (AvgIpc) is 3.01. The molecule has 1 saturated heterocycles. The molecule has 1 aliphatic rings. The lowest BCUT2D eigenvalue weighted by Gasteiger charge is -2.27. The number of amides is 2. The number of alkyl carbamates (subject to hydrolysis) is 1. The third-order valence-corrected chi connectivity index (χ3v) is 4.84. The number of imidazole rings is 1. The zero-order valence-electron chi connectivity index (χ0n) is 15.6. The first-order chi connectivity index (χ1) is 13.0. The van der Waals surface area contributed by atoms with Crippen molar-refractivity contribution in [2.24, 2.45) is 0 Å². The van der Waals surface area contributed by atoms with Crippen LogP contribution in [0.1, 0.15) is 43.1 Å². The molecule has 3 heterocycles. The van der Waals surface area contributed by atoms with E-state index in [2.05, 4.69) is 10.3 Å². The van der Waals surface area contributed by atoms with Crippen molar-refractivity contribution in [2.75, 3.05) is 26.2 Å². The summed E-state index contributed by atoms with van der Waals surface area (Å²) in [5, 5.41) is 13.4. The maximum atomic E-state index is 12.9. The van der Waals surface area contributed by atoms with E-state index in [-0.39, 0.29) is 12.5 Å². The van der Waals surface area contributed by atoms with Gasteiger partial charge in [0.1, 0.15) is 11.3 Å². The zero-order chi connectivity index (χ0) is 19.3. The molecule has 0 radical (unpaired) electrons. The number of hydrogen-bond acceptors (Lipinski definition) is 5. The van der Waals surface area contributed by atoms with E-state index in [1.54, 1.807) is 15.5 Å². The fourth-order valence-corrected chi connectivity index (χ4v) is 3.29. The van der Waals surface area contributed by atoms with Gasteiger partial charge in [-0.3, -0.25) is 9.20 Å². The van der Waals surface area contributed by atoms with Gasteiger partial charge in [-0.15, -0.1) is 0 Å². The number of carbonyl (C=O) groups is 2. The number of ether oxygens (including phenoxy) is 1. The second-order valence-electron chi connectivity index (χ2n) is 6.93. The fourth-order valence-electron chi connectivity index (χ4n) is 3.29. The van der Waals surface area contributed by atoms with Crippen LogP contribution in [0.5, 0.6) is 0 Å². The van der Waals surface area contributed by atoms with E-state index in [1.807, 2.05) is 31.3 Å². The fraction of sp³-hybridized carbons (Fsp3) is 0.526. The van der Waals surface area contributed by atoms with Crippen molar-refractivity contribution in [2.45, 2.75) is 38.2 Å². The molecule has 0 spiro atoms. The minimum Gasteiger partial charge on any atom is -0.450 e. The Bertz CT molecular complexity index is 806. The van der Waals surface area contributed by atoms with Gasteiger partial charge in [-0.1, -0.05) is 13.0 Å². The van der Waals surface area contributed by atoms with Crippen LogP contribution in [0.4, 0.5) is 4.79 Å². The highest BCUT2D eigenvalue weighted by Gasteiger charge is 2.32. The average molecular weight is 374 g/mol. The number of likely N-dealkylation sites (tertiary alicyclic amines) is 1. The number of aromatic nitrogens is 2. The number of hydrogen-bond donors (Lipinski definition) is 2. The maximum absolute atomic E-state index is 12.9. The van der Waals surface area contributed by atoms with E-state index < -0.39 is 11.7 Å². The Hall–Kier alpha value is -2.61. The molecule has 0 aliphatic carbocycles. The molecule has 1 atom stereocenters. The summed E-state index contributed by atoms with van der Waals surface area (Å²) >= 11 is 0. The highest BCUT2D eigenvalue weighted by molar-refractivity contribution is 5.93. The number of rotatable bonds is 5. The number of aliphatic hydroxyl groups is 1. The van der Waals surface area contributed by atoms with Gasteiger partial charge in [0.05, 0.1) is 18.4 Å². The lowest BCUT2D eigenvalue weighted by Crippen LogP contribution is -2.44. The summed E-state index contributed by atoms with van der Waals surface area (Å²) < 4.78 is 6.74. The Balaban J connectivity index is 1.60. The Morgan fingerprint density at radius 1 is 1.33 bits per heavy atom. The molecule has 27 heavy (non-hydrogen) atoms. The molecule has 8 nitrogen and oxygen atoms in total. The Morgan fingerprint density at radius 3 is 3.00 bits per heavy atom. The summed E-state index contributed by atoms with van der Waals surface area (Å²) in [5.41, 5.74) is 0.194. The normalized spacial score (nSPS) is 20.3. The standard InChI is InChI=1S/C19H26N4O4/c1-2-12-27-18(25)21-14-19(26)7-5-9-22(11-8-19)17(24)15-13-20-16-6-3-4-10-23(15)16/h3-4,6,10,13,26H,2,5,7-9,11-12,14H2,1H3,(H,21,25). The third-order valence-electron chi connectivity index (χ3n) is 4.84. The van der Waals surface area contributed by atoms with Gasteiger partial charge in [0.2, 0.25) is 0 Å². The first-order valence-electron chi connectivity index (χ1n) is 9.37. The van der Waals surface area contributed by atoms with Gasteiger partial charge in [-0.05, 0) is 37.8 Å². The second kappa shape index (κ2) is 8.39. The highest BCUT2D eigenvalue weighted by atomic mass is 16.5. The number of nitrogens with zero attached hydrogens (tertiary/aromatic N) is 3. The predicted octanol–water partition coefficient (Wildman–Crippen LogP) is 1.83. The topological polar surface area (TPSA) is 96.2 Å². The predicted molar refractivity (Wildman–Crippen MR) is 99.5 cm³/mol. The van der Waals surface area contributed by atoms with E-state index in [4.69, 9.17) is 4.74 Å². The van der Waals surface area contributed by atoms with Crippen LogP contribution in [0.3, 0.4) is 0 Å². The van der Waals surface area contributed by atoms with E-state index in [9.17, 15) is 14.7 Å². The molecular weight excluding hydrogens is 348 g/mol. The summed E-state index contributed by atoms with van der Waals surface area (Å²) in [5.74, 6) is -0.103. The van der Waals surface area contributed by atoms with Crippen molar-refractivity contribution in [1.82, 2.24) is 19.6 Å². The molecule has 1 aliphatic heterocycles. The van der Waals surface area contributed by atoms with Crippen molar-refractivity contribution in [1.29, 1.82) is 0 Å². The van der Waals surface area contributed by atoms with Gasteiger partial charge in [0, 0.05) is 25.8 Å². The Morgan fingerprint density at radius 2 is 2.19 bits per heavy atom. The van der Waals surface area contributed by atoms with Crippen LogP contribution >= 0.6 is 0 Å². The molecule has 1 unspecified atom stereocenters. The lowest BCUT2D eigenvalue weighted by atomic mass is 9.95. The number of pyridine rings is 1. The minimum absolute atomic E-state index is 0.103. The van der Waals surface area contributed by atoms with E-state index in [1.165, 1.54) is 0 Å². The van der Waals surface area contributed by atoms with Crippen LogP contribution in [-0.2, 0) is 4.74 Å². The molecule has 1 fully saturated rings. The van der Waals surface area contributed by atoms with Crippen molar-refractivity contribution >= 4 is 17.6 Å². The van der Waals surface area contributed by atoms with Crippen LogP contribution in [0.2, 0.25) is 0 Å². The quantitative estimate of drug-likeness (QED) is 0.832. The number of fused-ring (bicyclic) bond motifs is 1. The van der Waals surface area contributed by atoms with Gasteiger partial charge in [0.25, 0.3) is 5.91 Å². The van der Waals surface area contributed by atoms with Crippen LogP contribution in [0.15, 0.2) is 30.6 Å². The van der Waals surface area contributed by atoms with Crippen LogP contribution < -0.4 is 5.32 Å². The summed E-state index contributed by atoms with van der Waals surface area (Å²) in [6, 6.07) is 5.58. The van der Waals surface area contributed by atoms with Crippen LogP contribution in [0, 0.1) is 0 Å². The maximum Gasteiger partial charge on any atom is 0.407 e. The summed E-state index contributed by atoms with van der Waals surface area (Å²) in [6.45, 7) is 3.36. The zero-order valence-corrected chi connectivity index (χ0v) is 15.6. The lowest BCUT2D eigenvalue weighted by molar-refractivity contribution is 0.0243. The largest absolute Gasteiger partial charge is 0.450 e. The molecule has 3 rings (SSSR count). The molecule has 2 N–H and O–H groups in total. The van der Waals surface area contributed by atoms with Crippen LogP contribution in [-0.4, -0.2) is 63.2 Å². The minimum atomic E-state index is -1.04.